The molecule has 2 bridgehead atoms. The monoisotopic (exact) mass is 677 g/mol. The van der Waals surface area contributed by atoms with Crippen LogP contribution in [0.3, 0.4) is 0 Å². The van der Waals surface area contributed by atoms with Crippen molar-refractivity contribution in [3.05, 3.63) is 70.3 Å². The predicted octanol–water partition coefficient (Wildman–Crippen LogP) is 3.48. The summed E-state index contributed by atoms with van der Waals surface area (Å²) in [6.07, 6.45) is 8.70. The molecule has 1 saturated carbocycles. The van der Waals surface area contributed by atoms with Gasteiger partial charge in [-0.05, 0) is 91.8 Å². The Morgan fingerprint density at radius 2 is 2.00 bits per heavy atom. The fourth-order valence-corrected chi connectivity index (χ4v) is 9.29. The number of ether oxygens (including phenoxy) is 1. The van der Waals surface area contributed by atoms with Crippen LogP contribution < -0.4 is 14.4 Å². The van der Waals surface area contributed by atoms with Crippen LogP contribution in [0.1, 0.15) is 53.6 Å². The molecule has 6 rings (SSSR count). The molecule has 244 valence electrons. The number of amides is 1. The summed E-state index contributed by atoms with van der Waals surface area (Å²) in [6, 6.07) is 11.0. The van der Waals surface area contributed by atoms with Gasteiger partial charge < -0.3 is 14.7 Å². The summed E-state index contributed by atoms with van der Waals surface area (Å²) in [4.78, 5) is 15.7. The van der Waals surface area contributed by atoms with Crippen LogP contribution in [0.15, 0.2) is 48.6 Å². The molecule has 2 N–H and O–H groups in total. The summed E-state index contributed by atoms with van der Waals surface area (Å²) < 4.78 is 60.1. The molecule has 13 heteroatoms. The Bertz CT molecular complexity index is 1710. The Morgan fingerprint density at radius 1 is 1.18 bits per heavy atom. The van der Waals surface area contributed by atoms with Crippen molar-refractivity contribution in [1.29, 1.82) is 0 Å². The number of carbonyl (C=O) groups is 1. The third kappa shape index (κ3) is 6.90. The first-order chi connectivity index (χ1) is 21.3. The third-order valence-corrected chi connectivity index (χ3v) is 12.5. The summed E-state index contributed by atoms with van der Waals surface area (Å²) in [5.74, 6) is -0.344. The molecule has 2 heterocycles. The van der Waals surface area contributed by atoms with E-state index >= 15 is 0 Å². The van der Waals surface area contributed by atoms with Crippen LogP contribution in [0.5, 0.6) is 5.75 Å². The van der Waals surface area contributed by atoms with Crippen molar-refractivity contribution in [3.8, 4) is 5.75 Å². The maximum absolute atomic E-state index is 13.5. The maximum atomic E-state index is 13.5. The quantitative estimate of drug-likeness (QED) is 0.472. The van der Waals surface area contributed by atoms with Crippen molar-refractivity contribution in [3.63, 3.8) is 0 Å². The van der Waals surface area contributed by atoms with Crippen LogP contribution in [-0.2, 0) is 31.9 Å². The number of aliphatic hydroxyl groups is 1. The average molecular weight is 678 g/mol. The van der Waals surface area contributed by atoms with Crippen molar-refractivity contribution in [2.75, 3.05) is 49.7 Å². The molecule has 1 spiro atoms. The number of fused-ring (bicyclic) bond motifs is 4. The summed E-state index contributed by atoms with van der Waals surface area (Å²) in [5.41, 5.74) is 2.96. The molecule has 45 heavy (non-hydrogen) atoms. The number of nitrogens with one attached hydrogen (secondary N) is 1. The zero-order valence-electron chi connectivity index (χ0n) is 25.3. The van der Waals surface area contributed by atoms with Crippen molar-refractivity contribution < 1.29 is 31.5 Å². The molecule has 1 amide bonds. The predicted molar refractivity (Wildman–Crippen MR) is 174 cm³/mol. The number of aliphatic hydroxyl groups excluding tert-OH is 1. The number of halogens is 1. The van der Waals surface area contributed by atoms with Gasteiger partial charge in [-0.2, -0.15) is 12.7 Å². The second-order valence-corrected chi connectivity index (χ2v) is 17.3. The molecule has 0 saturated heterocycles. The molecule has 1 fully saturated rings. The molecule has 4 atom stereocenters. The minimum Gasteiger partial charge on any atom is -0.490 e. The highest BCUT2D eigenvalue weighted by atomic mass is 35.5. The Morgan fingerprint density at radius 3 is 2.76 bits per heavy atom. The Labute approximate surface area is 270 Å². The lowest BCUT2D eigenvalue weighted by Gasteiger charge is -2.45. The molecule has 0 radical (unpaired) electrons. The van der Waals surface area contributed by atoms with Gasteiger partial charge in [0.25, 0.3) is 5.91 Å². The topological polar surface area (TPSA) is 133 Å². The van der Waals surface area contributed by atoms with Crippen LogP contribution >= 0.6 is 11.6 Å². The molecule has 0 unspecified atom stereocenters. The Balaban J connectivity index is 1.39. The maximum Gasteiger partial charge on any atom is 0.304 e. The normalized spacial score (nSPS) is 29.4. The number of nitrogens with zero attached hydrogens (tertiary/aromatic N) is 2. The van der Waals surface area contributed by atoms with Gasteiger partial charge in [0.1, 0.15) is 15.6 Å². The highest BCUT2D eigenvalue weighted by Gasteiger charge is 2.44. The Hall–Kier alpha value is -2.64. The number of benzene rings is 2. The van der Waals surface area contributed by atoms with Crippen LogP contribution in [0, 0.1) is 11.8 Å². The van der Waals surface area contributed by atoms with Gasteiger partial charge in [-0.1, -0.05) is 29.8 Å². The third-order valence-electron chi connectivity index (χ3n) is 9.82. The van der Waals surface area contributed by atoms with E-state index in [-0.39, 0.29) is 48.1 Å². The first kappa shape index (κ1) is 32.3. The fourth-order valence-electron chi connectivity index (χ4n) is 7.27. The fraction of sp³-hybridized carbons (Fsp3) is 0.531. The number of hydrogen-bond donors (Lipinski definition) is 2. The molecule has 10 nitrogen and oxygen atoms in total. The Kier molecular flexibility index (Phi) is 8.99. The number of aryl methyl sites for hydroxylation is 1. The summed E-state index contributed by atoms with van der Waals surface area (Å²) in [7, 11) is -7.84. The summed E-state index contributed by atoms with van der Waals surface area (Å²) in [5, 5.41) is 11.8. The van der Waals surface area contributed by atoms with E-state index < -0.39 is 32.1 Å². The minimum absolute atomic E-state index is 0.0340. The molecular weight excluding hydrogens is 638 g/mol. The van der Waals surface area contributed by atoms with Gasteiger partial charge in [-0.3, -0.25) is 4.79 Å². The van der Waals surface area contributed by atoms with Crippen molar-refractivity contribution in [2.45, 2.75) is 50.0 Å². The van der Waals surface area contributed by atoms with Gasteiger partial charge in [-0.15, -0.1) is 0 Å². The van der Waals surface area contributed by atoms with Crippen LogP contribution in [-0.4, -0.2) is 83.1 Å². The van der Waals surface area contributed by atoms with Crippen LogP contribution in [0.4, 0.5) is 5.69 Å². The van der Waals surface area contributed by atoms with Crippen molar-refractivity contribution in [2.24, 2.45) is 11.8 Å². The molecule has 2 aliphatic heterocycles. The van der Waals surface area contributed by atoms with E-state index in [1.807, 2.05) is 12.1 Å². The number of carbonyl (C=O) groups excluding carboxylic acids is 1. The largest absolute Gasteiger partial charge is 0.490 e. The first-order valence-electron chi connectivity index (χ1n) is 15.5. The van der Waals surface area contributed by atoms with Gasteiger partial charge >= 0.3 is 10.2 Å². The summed E-state index contributed by atoms with van der Waals surface area (Å²) in [6.45, 7) is 1.38. The van der Waals surface area contributed by atoms with E-state index in [1.165, 1.54) is 11.1 Å². The van der Waals surface area contributed by atoms with E-state index in [1.54, 1.807) is 30.4 Å². The smallest absolute Gasteiger partial charge is 0.304 e. The lowest BCUT2D eigenvalue weighted by Crippen LogP contribution is -2.49. The lowest BCUT2D eigenvalue weighted by atomic mass is 9.68. The molecule has 4 aliphatic rings. The van der Waals surface area contributed by atoms with E-state index in [2.05, 4.69) is 15.7 Å². The van der Waals surface area contributed by atoms with E-state index in [0.29, 0.717) is 36.2 Å². The van der Waals surface area contributed by atoms with E-state index in [0.717, 1.165) is 42.7 Å². The zero-order chi connectivity index (χ0) is 32.0. The van der Waals surface area contributed by atoms with Crippen molar-refractivity contribution >= 4 is 43.2 Å². The molecular formula is C32H40ClN3O7S2. The molecule has 0 aromatic heterocycles. The van der Waals surface area contributed by atoms with Gasteiger partial charge in [0.2, 0.25) is 0 Å². The molecule has 2 aromatic carbocycles. The number of anilines is 1. The molecule has 2 aromatic rings. The van der Waals surface area contributed by atoms with Crippen LogP contribution in [0.25, 0.3) is 0 Å². The SMILES string of the molecule is CS(=O)(=O)CCN1CC/C=C/[C@H](O)[C@@H]2CC[C@H]2CN2C[C@@]3(CCCc4cc(Cl)ccc43)COc3ccc(cc32)C(=O)NS1(=O)=O. The second-order valence-electron chi connectivity index (χ2n) is 13.0. The van der Waals surface area contributed by atoms with Gasteiger partial charge in [0.15, 0.2) is 0 Å². The van der Waals surface area contributed by atoms with E-state index in [4.69, 9.17) is 16.3 Å². The highest BCUT2D eigenvalue weighted by Crippen LogP contribution is 2.46. The second kappa shape index (κ2) is 12.5. The number of hydrogen-bond acceptors (Lipinski definition) is 8. The van der Waals surface area contributed by atoms with Gasteiger partial charge in [0, 0.05) is 48.4 Å². The van der Waals surface area contributed by atoms with Crippen LogP contribution in [0.2, 0.25) is 5.02 Å². The van der Waals surface area contributed by atoms with E-state index in [9.17, 15) is 26.7 Å². The number of rotatable bonds is 3. The zero-order valence-corrected chi connectivity index (χ0v) is 27.7. The van der Waals surface area contributed by atoms with Crippen molar-refractivity contribution in [1.82, 2.24) is 9.03 Å². The highest BCUT2D eigenvalue weighted by molar-refractivity contribution is 7.90. The standard InChI is InChI=1S/C32H40ClN3O7S2/c1-44(39,40)16-15-36-14-3-2-6-29(37)26-10-7-24(26)19-35-20-32(13-4-5-22-17-25(33)9-11-27(22)32)21-43-30-12-8-23(18-28(30)35)31(38)34-45(36,41)42/h2,6,8-9,11-12,17-18,24,26,29,37H,3-5,7,10,13-16,19-21H2,1H3,(H,34,38)/b6-2+/t24-,26+,29-,32-/m0/s1. The minimum atomic E-state index is -4.38. The molecule has 2 aliphatic carbocycles. The van der Waals surface area contributed by atoms with Gasteiger partial charge in [0.05, 0.1) is 24.2 Å². The van der Waals surface area contributed by atoms with Gasteiger partial charge in [-0.25, -0.2) is 13.1 Å². The average Bonchev–Trinajstić information content (AvgIpc) is 3.10. The first-order valence-corrected chi connectivity index (χ1v) is 19.4. The lowest BCUT2D eigenvalue weighted by molar-refractivity contribution is 0.0456. The number of sulfone groups is 1. The summed E-state index contributed by atoms with van der Waals surface area (Å²) >= 11 is 6.38.